The van der Waals surface area contributed by atoms with E-state index in [4.69, 9.17) is 0 Å². The molecule has 0 N–H and O–H groups in total. The number of aromatic nitrogens is 1. The number of piperazine rings is 1. The van der Waals surface area contributed by atoms with E-state index in [2.05, 4.69) is 28.9 Å². The van der Waals surface area contributed by atoms with Gasteiger partial charge in [-0.2, -0.15) is 4.31 Å². The van der Waals surface area contributed by atoms with Gasteiger partial charge in [-0.3, -0.25) is 9.78 Å². The number of fused-ring (bicyclic) bond motifs is 1. The molecule has 0 bridgehead atoms. The highest BCUT2D eigenvalue weighted by Crippen LogP contribution is 2.30. The van der Waals surface area contributed by atoms with Gasteiger partial charge < -0.3 is 9.80 Å². The minimum atomic E-state index is -3.18. The molecule has 3 heterocycles. The maximum absolute atomic E-state index is 13.2. The molecule has 0 saturated carbocycles. The molecule has 0 spiro atoms. The maximum atomic E-state index is 13.2. The maximum Gasteiger partial charge on any atom is 0.227 e. The van der Waals surface area contributed by atoms with Gasteiger partial charge in [-0.15, -0.1) is 0 Å². The van der Waals surface area contributed by atoms with Crippen LogP contribution >= 0.6 is 0 Å². The largest absolute Gasteiger partial charge is 0.370 e. The van der Waals surface area contributed by atoms with Gasteiger partial charge in [0.25, 0.3) is 0 Å². The molecule has 2 aliphatic rings. The number of carbonyl (C=O) groups excluding carboxylic acids is 1. The predicted molar refractivity (Wildman–Crippen MR) is 119 cm³/mol. The Morgan fingerprint density at radius 1 is 1.13 bits per heavy atom. The number of hydrogen-bond acceptors (Lipinski definition) is 5. The molecule has 1 aromatic heterocycles. The smallest absolute Gasteiger partial charge is 0.227 e. The lowest BCUT2D eigenvalue weighted by Crippen LogP contribution is -2.53. The molecule has 0 aliphatic carbocycles. The molecule has 2 fully saturated rings. The summed E-state index contributed by atoms with van der Waals surface area (Å²) in [4.78, 5) is 21.8. The van der Waals surface area contributed by atoms with Gasteiger partial charge in [-0.25, -0.2) is 8.42 Å². The van der Waals surface area contributed by atoms with E-state index in [0.29, 0.717) is 32.7 Å². The van der Waals surface area contributed by atoms with Gasteiger partial charge in [0.15, 0.2) is 0 Å². The van der Waals surface area contributed by atoms with Crippen molar-refractivity contribution in [1.29, 1.82) is 0 Å². The number of benzene rings is 1. The molecule has 1 aromatic carbocycles. The topological polar surface area (TPSA) is 73.8 Å². The highest BCUT2D eigenvalue weighted by molar-refractivity contribution is 7.89. The number of pyridine rings is 1. The van der Waals surface area contributed by atoms with Crippen molar-refractivity contribution < 1.29 is 13.2 Å². The molecule has 8 heteroatoms. The standard InChI is InChI=1S/C22H30N4O3S/c1-3-30(28,29)26-13-11-24(12-14-26)22(27)18-5-4-10-25(16-18)21-8-9-23-20-7-6-17(2)15-19(20)21/h6-9,15,18H,3-5,10-14,16H2,1-2H3. The number of piperidine rings is 1. The van der Waals surface area contributed by atoms with Gasteiger partial charge in [0.05, 0.1) is 17.2 Å². The van der Waals surface area contributed by atoms with Crippen molar-refractivity contribution in [3.63, 3.8) is 0 Å². The molecule has 2 aliphatic heterocycles. The molecule has 0 radical (unpaired) electrons. The van der Waals surface area contributed by atoms with E-state index in [1.807, 2.05) is 23.2 Å². The summed E-state index contributed by atoms with van der Waals surface area (Å²) in [7, 11) is -3.18. The van der Waals surface area contributed by atoms with Crippen molar-refractivity contribution in [2.45, 2.75) is 26.7 Å². The zero-order chi connectivity index (χ0) is 21.3. The Labute approximate surface area is 178 Å². The summed E-state index contributed by atoms with van der Waals surface area (Å²) in [6.07, 6.45) is 3.69. The van der Waals surface area contributed by atoms with Gasteiger partial charge in [0.1, 0.15) is 0 Å². The summed E-state index contributed by atoms with van der Waals surface area (Å²) in [6, 6.07) is 8.32. The number of anilines is 1. The predicted octanol–water partition coefficient (Wildman–Crippen LogP) is 2.25. The number of nitrogens with zero attached hydrogens (tertiary/aromatic N) is 4. The first-order valence-corrected chi connectivity index (χ1v) is 12.4. The number of carbonyl (C=O) groups is 1. The van der Waals surface area contributed by atoms with Crippen LogP contribution in [-0.2, 0) is 14.8 Å². The first-order chi connectivity index (χ1) is 14.4. The Hall–Kier alpha value is -2.19. The van der Waals surface area contributed by atoms with Crippen LogP contribution in [0.3, 0.4) is 0 Å². The molecular formula is C22H30N4O3S. The summed E-state index contributed by atoms with van der Waals surface area (Å²) in [5, 5.41) is 1.13. The summed E-state index contributed by atoms with van der Waals surface area (Å²) < 4.78 is 25.7. The monoisotopic (exact) mass is 430 g/mol. The highest BCUT2D eigenvalue weighted by atomic mass is 32.2. The lowest BCUT2D eigenvalue weighted by molar-refractivity contribution is -0.137. The second-order valence-electron chi connectivity index (χ2n) is 8.26. The fourth-order valence-electron chi connectivity index (χ4n) is 4.55. The number of aryl methyl sites for hydroxylation is 1. The number of rotatable bonds is 4. The lowest BCUT2D eigenvalue weighted by Gasteiger charge is -2.39. The molecule has 2 saturated heterocycles. The normalized spacial score (nSPS) is 21.2. The third kappa shape index (κ3) is 4.16. The second-order valence-corrected chi connectivity index (χ2v) is 10.5. The van der Waals surface area contributed by atoms with Crippen LogP contribution in [0, 0.1) is 12.8 Å². The fourth-order valence-corrected chi connectivity index (χ4v) is 5.63. The molecule has 1 unspecified atom stereocenters. The average Bonchev–Trinajstić information content (AvgIpc) is 2.78. The molecule has 4 rings (SSSR count). The molecular weight excluding hydrogens is 400 g/mol. The Morgan fingerprint density at radius 3 is 2.63 bits per heavy atom. The van der Waals surface area contributed by atoms with E-state index in [0.717, 1.165) is 36.0 Å². The SMILES string of the molecule is CCS(=O)(=O)N1CCN(C(=O)C2CCCN(c3ccnc4ccc(C)cc34)C2)CC1. The van der Waals surface area contributed by atoms with E-state index in [1.54, 1.807) is 6.92 Å². The third-order valence-corrected chi connectivity index (χ3v) is 8.18. The number of hydrogen-bond donors (Lipinski definition) is 0. The van der Waals surface area contributed by atoms with Crippen LogP contribution in [0.15, 0.2) is 30.5 Å². The molecule has 2 aromatic rings. The van der Waals surface area contributed by atoms with Crippen LogP contribution in [0.2, 0.25) is 0 Å². The first kappa shape index (κ1) is 21.1. The summed E-state index contributed by atoms with van der Waals surface area (Å²) in [6.45, 7) is 7.11. The van der Waals surface area contributed by atoms with Crippen molar-refractivity contribution >= 4 is 32.5 Å². The zero-order valence-corrected chi connectivity index (χ0v) is 18.6. The van der Waals surface area contributed by atoms with Gasteiger partial charge >= 0.3 is 0 Å². The van der Waals surface area contributed by atoms with Gasteiger partial charge in [-0.05, 0) is 44.9 Å². The average molecular weight is 431 g/mol. The van der Waals surface area contributed by atoms with Crippen molar-refractivity contribution in [3.05, 3.63) is 36.0 Å². The van der Waals surface area contributed by atoms with E-state index >= 15 is 0 Å². The number of sulfonamides is 1. The van der Waals surface area contributed by atoms with Crippen LogP contribution in [0.5, 0.6) is 0 Å². The van der Waals surface area contributed by atoms with Crippen molar-refractivity contribution in [1.82, 2.24) is 14.2 Å². The van der Waals surface area contributed by atoms with Gasteiger partial charge in [-0.1, -0.05) is 11.6 Å². The molecule has 30 heavy (non-hydrogen) atoms. The van der Waals surface area contributed by atoms with E-state index in [-0.39, 0.29) is 17.6 Å². The van der Waals surface area contributed by atoms with Gasteiger partial charge in [0, 0.05) is 56.5 Å². The van der Waals surface area contributed by atoms with Crippen LogP contribution in [-0.4, -0.2) is 73.5 Å². The second kappa shape index (κ2) is 8.51. The van der Waals surface area contributed by atoms with Crippen LogP contribution < -0.4 is 4.90 Å². The third-order valence-electron chi connectivity index (χ3n) is 6.29. The van der Waals surface area contributed by atoms with Crippen LogP contribution in [0.1, 0.15) is 25.3 Å². The Morgan fingerprint density at radius 2 is 1.90 bits per heavy atom. The molecule has 1 amide bonds. The fraction of sp³-hybridized carbons (Fsp3) is 0.545. The minimum Gasteiger partial charge on any atom is -0.370 e. The zero-order valence-electron chi connectivity index (χ0n) is 17.7. The Bertz CT molecular complexity index is 1030. The summed E-state index contributed by atoms with van der Waals surface area (Å²) >= 11 is 0. The number of amides is 1. The Kier molecular flexibility index (Phi) is 5.97. The van der Waals surface area contributed by atoms with E-state index < -0.39 is 10.0 Å². The van der Waals surface area contributed by atoms with Crippen LogP contribution in [0.4, 0.5) is 5.69 Å². The molecule has 1 atom stereocenters. The van der Waals surface area contributed by atoms with Crippen LogP contribution in [0.25, 0.3) is 10.9 Å². The lowest BCUT2D eigenvalue weighted by atomic mass is 9.95. The van der Waals surface area contributed by atoms with Crippen molar-refractivity contribution in [2.24, 2.45) is 5.92 Å². The van der Waals surface area contributed by atoms with Crippen molar-refractivity contribution in [2.75, 3.05) is 49.9 Å². The molecule has 162 valence electrons. The summed E-state index contributed by atoms with van der Waals surface area (Å²) in [5.41, 5.74) is 3.31. The van der Waals surface area contributed by atoms with E-state index in [1.165, 1.54) is 9.87 Å². The molecule has 7 nitrogen and oxygen atoms in total. The highest BCUT2D eigenvalue weighted by Gasteiger charge is 2.33. The van der Waals surface area contributed by atoms with Gasteiger partial charge in [0.2, 0.25) is 15.9 Å². The summed E-state index contributed by atoms with van der Waals surface area (Å²) in [5.74, 6) is 0.210. The van der Waals surface area contributed by atoms with E-state index in [9.17, 15) is 13.2 Å². The quantitative estimate of drug-likeness (QED) is 0.744. The van der Waals surface area contributed by atoms with Crippen molar-refractivity contribution in [3.8, 4) is 0 Å². The first-order valence-electron chi connectivity index (χ1n) is 10.8. The minimum absolute atomic E-state index is 0.0545. The Balaban J connectivity index is 1.46.